The average Bonchev–Trinajstić information content (AvgIpc) is 3.30. The van der Waals surface area contributed by atoms with Crippen molar-refractivity contribution in [3.63, 3.8) is 0 Å². The van der Waals surface area contributed by atoms with Gasteiger partial charge in [0.15, 0.2) is 0 Å². The SMILES string of the molecule is N#Cc1ccnc(N2C(=O)CC[C@H]2CC(=O)N(c2cccc(F)c2)[C@H](C(=O)NC2CC(F)(F)C2)c2ccccc2Cl)c1. The van der Waals surface area contributed by atoms with Crippen LogP contribution in [0.25, 0.3) is 0 Å². The number of nitrogens with one attached hydrogen (secondary N) is 1. The van der Waals surface area contributed by atoms with Gasteiger partial charge in [0, 0.05) is 60.2 Å². The van der Waals surface area contributed by atoms with Gasteiger partial charge in [-0.3, -0.25) is 24.2 Å². The van der Waals surface area contributed by atoms with Crippen molar-refractivity contribution in [3.8, 4) is 6.07 Å². The van der Waals surface area contributed by atoms with Crippen LogP contribution in [0.4, 0.5) is 24.7 Å². The van der Waals surface area contributed by atoms with Crippen molar-refractivity contribution in [2.45, 2.75) is 56.2 Å². The van der Waals surface area contributed by atoms with Gasteiger partial charge in [0.2, 0.25) is 17.7 Å². The molecule has 1 N–H and O–H groups in total. The highest BCUT2D eigenvalue weighted by molar-refractivity contribution is 6.31. The number of hydrogen-bond acceptors (Lipinski definition) is 5. The number of carbonyl (C=O) groups excluding carboxylic acids is 3. The number of pyridine rings is 1. The predicted molar refractivity (Wildman–Crippen MR) is 148 cm³/mol. The average molecular weight is 596 g/mol. The molecular formula is C30H25ClF3N5O3. The lowest BCUT2D eigenvalue weighted by atomic mass is 9.87. The quantitative estimate of drug-likeness (QED) is 0.379. The third-order valence-corrected chi connectivity index (χ3v) is 7.70. The fourth-order valence-electron chi connectivity index (χ4n) is 5.37. The van der Waals surface area contributed by atoms with Gasteiger partial charge in [0.1, 0.15) is 17.7 Å². The summed E-state index contributed by atoms with van der Waals surface area (Å²) in [5, 5.41) is 12.0. The summed E-state index contributed by atoms with van der Waals surface area (Å²) in [5.41, 5.74) is 0.533. The van der Waals surface area contributed by atoms with Crippen LogP contribution in [0.2, 0.25) is 5.02 Å². The van der Waals surface area contributed by atoms with E-state index in [2.05, 4.69) is 10.3 Å². The number of rotatable bonds is 8. The number of hydrogen-bond donors (Lipinski definition) is 1. The van der Waals surface area contributed by atoms with Gasteiger partial charge < -0.3 is 5.32 Å². The van der Waals surface area contributed by atoms with Crippen molar-refractivity contribution in [3.05, 3.63) is 88.8 Å². The Morgan fingerprint density at radius 1 is 1.17 bits per heavy atom. The van der Waals surface area contributed by atoms with Crippen LogP contribution in [0.15, 0.2) is 66.9 Å². The molecule has 0 radical (unpaired) electrons. The Balaban J connectivity index is 1.53. The van der Waals surface area contributed by atoms with E-state index < -0.39 is 54.5 Å². The second-order valence-electron chi connectivity index (χ2n) is 10.3. The molecule has 2 aromatic carbocycles. The molecule has 8 nitrogen and oxygen atoms in total. The molecule has 0 spiro atoms. The van der Waals surface area contributed by atoms with E-state index in [4.69, 9.17) is 11.6 Å². The van der Waals surface area contributed by atoms with Crippen molar-refractivity contribution in [2.75, 3.05) is 9.80 Å². The van der Waals surface area contributed by atoms with E-state index in [9.17, 15) is 32.8 Å². The first-order valence-electron chi connectivity index (χ1n) is 13.2. The topological polar surface area (TPSA) is 106 Å². The molecule has 0 unspecified atom stereocenters. The van der Waals surface area contributed by atoms with Crippen LogP contribution in [0.5, 0.6) is 0 Å². The molecule has 3 aromatic rings. The molecule has 12 heteroatoms. The maximum absolute atomic E-state index is 14.5. The second kappa shape index (κ2) is 11.8. The third kappa shape index (κ3) is 6.09. The van der Waals surface area contributed by atoms with Crippen LogP contribution < -0.4 is 15.1 Å². The fourth-order valence-corrected chi connectivity index (χ4v) is 5.61. The summed E-state index contributed by atoms with van der Waals surface area (Å²) in [4.78, 5) is 47.4. The molecule has 2 heterocycles. The lowest BCUT2D eigenvalue weighted by Crippen LogP contribution is -2.54. The number of halogens is 4. The number of carbonyl (C=O) groups is 3. The van der Waals surface area contributed by atoms with Gasteiger partial charge in [-0.2, -0.15) is 5.26 Å². The summed E-state index contributed by atoms with van der Waals surface area (Å²) in [6.07, 6.45) is 0.433. The summed E-state index contributed by atoms with van der Waals surface area (Å²) < 4.78 is 41.6. The molecule has 42 heavy (non-hydrogen) atoms. The van der Waals surface area contributed by atoms with Crippen LogP contribution >= 0.6 is 11.6 Å². The van der Waals surface area contributed by atoms with E-state index in [1.54, 1.807) is 12.1 Å². The van der Waals surface area contributed by atoms with Gasteiger partial charge in [-0.05, 0) is 42.8 Å². The highest BCUT2D eigenvalue weighted by Crippen LogP contribution is 2.39. The monoisotopic (exact) mass is 595 g/mol. The van der Waals surface area contributed by atoms with E-state index in [-0.39, 0.29) is 46.4 Å². The van der Waals surface area contributed by atoms with Gasteiger partial charge in [-0.1, -0.05) is 35.9 Å². The Morgan fingerprint density at radius 2 is 1.93 bits per heavy atom. The summed E-state index contributed by atoms with van der Waals surface area (Å²) >= 11 is 6.48. The highest BCUT2D eigenvalue weighted by atomic mass is 35.5. The predicted octanol–water partition coefficient (Wildman–Crippen LogP) is 5.32. The Hall–Kier alpha value is -4.43. The number of nitriles is 1. The zero-order chi connectivity index (χ0) is 30.0. The van der Waals surface area contributed by atoms with Crippen LogP contribution in [0.3, 0.4) is 0 Å². The van der Waals surface area contributed by atoms with E-state index in [0.717, 1.165) is 11.0 Å². The second-order valence-corrected chi connectivity index (χ2v) is 10.7. The molecule has 2 fully saturated rings. The summed E-state index contributed by atoms with van der Waals surface area (Å²) in [5.74, 6) is -5.05. The maximum atomic E-state index is 14.5. The van der Waals surface area contributed by atoms with Crippen LogP contribution in [-0.2, 0) is 14.4 Å². The van der Waals surface area contributed by atoms with Crippen molar-refractivity contribution in [2.24, 2.45) is 0 Å². The molecule has 1 saturated carbocycles. The van der Waals surface area contributed by atoms with E-state index in [1.165, 1.54) is 53.6 Å². The molecule has 0 bridgehead atoms. The van der Waals surface area contributed by atoms with E-state index in [0.29, 0.717) is 6.42 Å². The van der Waals surface area contributed by atoms with Gasteiger partial charge in [0.05, 0.1) is 11.6 Å². The lowest BCUT2D eigenvalue weighted by Gasteiger charge is -2.38. The smallest absolute Gasteiger partial charge is 0.252 e. The minimum absolute atomic E-state index is 0.0412. The van der Waals surface area contributed by atoms with Crippen molar-refractivity contribution in [1.82, 2.24) is 10.3 Å². The molecule has 1 aliphatic heterocycles. The maximum Gasteiger partial charge on any atom is 0.252 e. The molecule has 2 aliphatic rings. The summed E-state index contributed by atoms with van der Waals surface area (Å²) in [6, 6.07) is 13.4. The Labute approximate surface area is 244 Å². The third-order valence-electron chi connectivity index (χ3n) is 7.35. The largest absolute Gasteiger partial charge is 0.351 e. The number of amides is 3. The molecule has 3 amide bonds. The number of anilines is 2. The molecule has 5 rings (SSSR count). The summed E-state index contributed by atoms with van der Waals surface area (Å²) in [6.45, 7) is 0. The zero-order valence-electron chi connectivity index (χ0n) is 22.1. The first-order chi connectivity index (χ1) is 20.1. The molecular weight excluding hydrogens is 571 g/mol. The number of alkyl halides is 2. The van der Waals surface area contributed by atoms with Crippen LogP contribution in [0.1, 0.15) is 49.3 Å². The van der Waals surface area contributed by atoms with Crippen molar-refractivity contribution >= 4 is 40.8 Å². The molecule has 1 aromatic heterocycles. The number of nitrogens with zero attached hydrogens (tertiary/aromatic N) is 4. The minimum atomic E-state index is -2.90. The standard InChI is InChI=1S/C30H25ClF3N5O3/c31-24-7-2-1-6-23(24)28(29(42)37-20-15-30(33,34)16-20)39(21-5-3-4-19(32)13-21)27(41)14-22-8-9-26(40)38(22)25-12-18(17-35)10-11-36-25/h1-7,10-13,20,22,28H,8-9,14-16H2,(H,37,42)/t22-,28-/m0/s1. The molecule has 1 aliphatic carbocycles. The van der Waals surface area contributed by atoms with Crippen molar-refractivity contribution < 1.29 is 27.6 Å². The van der Waals surface area contributed by atoms with E-state index in [1.807, 2.05) is 6.07 Å². The normalized spacial score (nSPS) is 18.6. The van der Waals surface area contributed by atoms with Crippen LogP contribution in [-0.4, -0.2) is 40.7 Å². The Kier molecular flexibility index (Phi) is 8.18. The van der Waals surface area contributed by atoms with E-state index >= 15 is 0 Å². The van der Waals surface area contributed by atoms with Gasteiger partial charge in [-0.25, -0.2) is 18.2 Å². The Bertz CT molecular complexity index is 1570. The first-order valence-corrected chi connectivity index (χ1v) is 13.6. The summed E-state index contributed by atoms with van der Waals surface area (Å²) in [7, 11) is 0. The lowest BCUT2D eigenvalue weighted by molar-refractivity contribution is -0.133. The van der Waals surface area contributed by atoms with Gasteiger partial charge in [0.25, 0.3) is 5.92 Å². The number of aromatic nitrogens is 1. The van der Waals surface area contributed by atoms with Crippen molar-refractivity contribution in [1.29, 1.82) is 5.26 Å². The fraction of sp³-hybridized carbons (Fsp3) is 0.300. The number of benzene rings is 2. The van der Waals surface area contributed by atoms with Gasteiger partial charge in [-0.15, -0.1) is 0 Å². The molecule has 216 valence electrons. The van der Waals surface area contributed by atoms with Crippen LogP contribution in [0, 0.1) is 17.1 Å². The van der Waals surface area contributed by atoms with Gasteiger partial charge >= 0.3 is 0 Å². The molecule has 2 atom stereocenters. The zero-order valence-corrected chi connectivity index (χ0v) is 22.9. The minimum Gasteiger partial charge on any atom is -0.351 e. The highest BCUT2D eigenvalue weighted by Gasteiger charge is 2.47. The Morgan fingerprint density at radius 3 is 2.62 bits per heavy atom. The molecule has 1 saturated heterocycles. The first kappa shape index (κ1) is 29.1.